The molecule has 0 bridgehead atoms. The van der Waals surface area contributed by atoms with Gasteiger partial charge in [-0.15, -0.1) is 0 Å². The number of unbranched alkanes of at least 4 members (excludes halogenated alkanes) is 8. The quantitative estimate of drug-likeness (QED) is 0.178. The zero-order valence-electron chi connectivity index (χ0n) is 20.6. The Morgan fingerprint density at radius 3 is 1.70 bits per heavy atom. The molecule has 0 aliphatic rings. The summed E-state index contributed by atoms with van der Waals surface area (Å²) in [7, 11) is 0. The number of pyridine rings is 1. The Kier molecular flexibility index (Phi) is 10.6. The van der Waals surface area contributed by atoms with Gasteiger partial charge >= 0.3 is 0 Å². The van der Waals surface area contributed by atoms with Gasteiger partial charge < -0.3 is 0 Å². The summed E-state index contributed by atoms with van der Waals surface area (Å²) in [5.74, 6) is -0.361. The summed E-state index contributed by atoms with van der Waals surface area (Å²) >= 11 is 0. The van der Waals surface area contributed by atoms with E-state index in [0.717, 1.165) is 36.1 Å². The first-order valence-corrected chi connectivity index (χ1v) is 13.1. The predicted molar refractivity (Wildman–Crippen MR) is 140 cm³/mol. The Hall–Kier alpha value is -2.48. The van der Waals surface area contributed by atoms with E-state index in [1.54, 1.807) is 0 Å². The fourth-order valence-electron chi connectivity index (χ4n) is 4.37. The van der Waals surface area contributed by atoms with Crippen molar-refractivity contribution in [2.24, 2.45) is 0 Å². The molecule has 0 unspecified atom stereocenters. The van der Waals surface area contributed by atoms with E-state index in [-0.39, 0.29) is 5.95 Å². The number of rotatable bonds is 14. The number of halogens is 1. The van der Waals surface area contributed by atoms with Crippen LogP contribution >= 0.6 is 0 Å². The third-order valence-corrected chi connectivity index (χ3v) is 6.50. The van der Waals surface area contributed by atoms with E-state index in [1.165, 1.54) is 68.9 Å². The standard InChI is InChI=1S/C31H40FN/c1-3-5-7-8-9-10-12-14-29-23-24-30(31(32)33-29)28-21-19-27(20-22-28)26-17-15-25(16-18-26)13-11-6-4-2/h15-24H,3-14H2,1-2H3. The summed E-state index contributed by atoms with van der Waals surface area (Å²) in [5.41, 5.74) is 6.07. The van der Waals surface area contributed by atoms with Gasteiger partial charge in [-0.2, -0.15) is 4.39 Å². The number of aryl methyl sites for hydroxylation is 2. The molecule has 3 aromatic rings. The summed E-state index contributed by atoms with van der Waals surface area (Å²) in [5, 5.41) is 0. The molecule has 0 atom stereocenters. The Bertz CT molecular complexity index is 944. The van der Waals surface area contributed by atoms with E-state index >= 15 is 0 Å². The first-order valence-electron chi connectivity index (χ1n) is 13.1. The van der Waals surface area contributed by atoms with Gasteiger partial charge in [-0.25, -0.2) is 4.98 Å². The maximum Gasteiger partial charge on any atom is 0.220 e. The molecule has 0 amide bonds. The second-order valence-electron chi connectivity index (χ2n) is 9.24. The highest BCUT2D eigenvalue weighted by Crippen LogP contribution is 2.27. The molecule has 0 saturated heterocycles. The van der Waals surface area contributed by atoms with Gasteiger partial charge in [0.2, 0.25) is 5.95 Å². The molecule has 176 valence electrons. The van der Waals surface area contributed by atoms with E-state index in [9.17, 15) is 4.39 Å². The Morgan fingerprint density at radius 1 is 0.545 bits per heavy atom. The summed E-state index contributed by atoms with van der Waals surface area (Å²) in [4.78, 5) is 4.25. The molecule has 0 radical (unpaired) electrons. The average Bonchev–Trinajstić information content (AvgIpc) is 2.84. The van der Waals surface area contributed by atoms with Crippen molar-refractivity contribution in [3.05, 3.63) is 77.9 Å². The van der Waals surface area contributed by atoms with Crippen molar-refractivity contribution in [1.82, 2.24) is 4.98 Å². The van der Waals surface area contributed by atoms with Gasteiger partial charge in [0, 0.05) is 11.3 Å². The Labute approximate surface area is 200 Å². The Morgan fingerprint density at radius 2 is 1.06 bits per heavy atom. The third kappa shape index (κ3) is 8.11. The highest BCUT2D eigenvalue weighted by Gasteiger charge is 2.09. The molecule has 1 nitrogen and oxygen atoms in total. The van der Waals surface area contributed by atoms with Crippen LogP contribution in [0.25, 0.3) is 22.3 Å². The molecule has 0 aliphatic carbocycles. The monoisotopic (exact) mass is 445 g/mol. The van der Waals surface area contributed by atoms with Crippen LogP contribution in [0.4, 0.5) is 4.39 Å². The SMILES string of the molecule is CCCCCCCCCc1ccc(-c2ccc(-c3ccc(CCCCC)cc3)cc2)c(F)n1. The van der Waals surface area contributed by atoms with Crippen LogP contribution < -0.4 is 0 Å². The van der Waals surface area contributed by atoms with Crippen LogP contribution in [0.5, 0.6) is 0 Å². The first kappa shape index (κ1) is 25.1. The molecule has 33 heavy (non-hydrogen) atoms. The number of hydrogen-bond donors (Lipinski definition) is 0. The van der Waals surface area contributed by atoms with E-state index in [2.05, 4.69) is 55.2 Å². The molecular formula is C31H40FN. The Balaban J connectivity index is 1.54. The lowest BCUT2D eigenvalue weighted by Crippen LogP contribution is -1.96. The minimum Gasteiger partial charge on any atom is -0.224 e. The molecule has 2 aromatic carbocycles. The summed E-state index contributed by atoms with van der Waals surface area (Å²) in [6.45, 7) is 4.48. The fourth-order valence-corrected chi connectivity index (χ4v) is 4.37. The highest BCUT2D eigenvalue weighted by atomic mass is 19.1. The molecule has 0 N–H and O–H groups in total. The van der Waals surface area contributed by atoms with Gasteiger partial charge in [0.25, 0.3) is 0 Å². The number of aromatic nitrogens is 1. The van der Waals surface area contributed by atoms with Crippen molar-refractivity contribution in [2.45, 2.75) is 90.9 Å². The number of benzene rings is 2. The molecule has 0 aliphatic heterocycles. The third-order valence-electron chi connectivity index (χ3n) is 6.50. The smallest absolute Gasteiger partial charge is 0.220 e. The zero-order chi connectivity index (χ0) is 23.3. The van der Waals surface area contributed by atoms with Crippen molar-refractivity contribution < 1.29 is 4.39 Å². The zero-order valence-corrected chi connectivity index (χ0v) is 20.6. The van der Waals surface area contributed by atoms with Gasteiger partial charge in [0.15, 0.2) is 0 Å². The molecule has 0 spiro atoms. The molecule has 1 aromatic heterocycles. The van der Waals surface area contributed by atoms with E-state index < -0.39 is 0 Å². The van der Waals surface area contributed by atoms with Crippen molar-refractivity contribution in [2.75, 3.05) is 0 Å². The second kappa shape index (κ2) is 13.9. The lowest BCUT2D eigenvalue weighted by Gasteiger charge is -2.08. The van der Waals surface area contributed by atoms with Gasteiger partial charge in [-0.05, 0) is 60.1 Å². The van der Waals surface area contributed by atoms with E-state index in [0.29, 0.717) is 5.56 Å². The van der Waals surface area contributed by atoms with Crippen LogP contribution in [-0.4, -0.2) is 4.98 Å². The van der Waals surface area contributed by atoms with Crippen LogP contribution in [0.1, 0.15) is 89.3 Å². The van der Waals surface area contributed by atoms with Crippen molar-refractivity contribution in [1.29, 1.82) is 0 Å². The summed E-state index contributed by atoms with van der Waals surface area (Å²) < 4.78 is 14.7. The molecule has 2 heteroatoms. The van der Waals surface area contributed by atoms with E-state index in [4.69, 9.17) is 0 Å². The largest absolute Gasteiger partial charge is 0.224 e. The van der Waals surface area contributed by atoms with Crippen molar-refractivity contribution >= 4 is 0 Å². The number of hydrogen-bond acceptors (Lipinski definition) is 1. The van der Waals surface area contributed by atoms with Crippen LogP contribution in [0.3, 0.4) is 0 Å². The van der Waals surface area contributed by atoms with Gasteiger partial charge in [-0.1, -0.05) is 114 Å². The number of nitrogens with zero attached hydrogens (tertiary/aromatic N) is 1. The molecule has 3 rings (SSSR count). The maximum atomic E-state index is 14.7. The average molecular weight is 446 g/mol. The van der Waals surface area contributed by atoms with Crippen molar-refractivity contribution in [3.8, 4) is 22.3 Å². The predicted octanol–water partition coefficient (Wildman–Crippen LogP) is 9.58. The minimum absolute atomic E-state index is 0.361. The fraction of sp³-hybridized carbons (Fsp3) is 0.452. The topological polar surface area (TPSA) is 12.9 Å². The molecule has 0 saturated carbocycles. The lowest BCUT2D eigenvalue weighted by atomic mass is 9.99. The van der Waals surface area contributed by atoms with Gasteiger partial charge in [-0.3, -0.25) is 0 Å². The maximum absolute atomic E-state index is 14.7. The second-order valence-corrected chi connectivity index (χ2v) is 9.24. The summed E-state index contributed by atoms with van der Waals surface area (Å²) in [6, 6.07) is 20.9. The first-order chi connectivity index (χ1) is 16.2. The van der Waals surface area contributed by atoms with Crippen LogP contribution in [0.15, 0.2) is 60.7 Å². The molecular weight excluding hydrogens is 405 g/mol. The van der Waals surface area contributed by atoms with Crippen LogP contribution in [0.2, 0.25) is 0 Å². The van der Waals surface area contributed by atoms with E-state index in [1.807, 2.05) is 24.3 Å². The summed E-state index contributed by atoms with van der Waals surface area (Å²) in [6.07, 6.45) is 14.6. The lowest BCUT2D eigenvalue weighted by molar-refractivity contribution is 0.566. The van der Waals surface area contributed by atoms with Crippen LogP contribution in [-0.2, 0) is 12.8 Å². The van der Waals surface area contributed by atoms with Gasteiger partial charge in [0.1, 0.15) is 0 Å². The normalized spacial score (nSPS) is 11.1. The van der Waals surface area contributed by atoms with Crippen LogP contribution in [0, 0.1) is 5.95 Å². The molecule has 0 fully saturated rings. The van der Waals surface area contributed by atoms with Crippen molar-refractivity contribution in [3.63, 3.8) is 0 Å². The highest BCUT2D eigenvalue weighted by molar-refractivity contribution is 5.70. The minimum atomic E-state index is -0.361. The molecule has 1 heterocycles. The van der Waals surface area contributed by atoms with Gasteiger partial charge in [0.05, 0.1) is 0 Å².